The van der Waals surface area contributed by atoms with Crippen molar-refractivity contribution in [1.29, 1.82) is 0 Å². The third-order valence-corrected chi connectivity index (χ3v) is 4.36. The molecule has 0 atom stereocenters. The van der Waals surface area contributed by atoms with E-state index in [9.17, 15) is 9.59 Å². The summed E-state index contributed by atoms with van der Waals surface area (Å²) in [5.41, 5.74) is 9.72. The lowest BCUT2D eigenvalue weighted by Crippen LogP contribution is -2.13. The molecule has 0 saturated carbocycles. The van der Waals surface area contributed by atoms with Gasteiger partial charge in [-0.05, 0) is 29.8 Å². The van der Waals surface area contributed by atoms with Gasteiger partial charge in [0.2, 0.25) is 5.91 Å². The molecule has 2 aromatic carbocycles. The first-order chi connectivity index (χ1) is 11.5. The number of rotatable bonds is 2. The quantitative estimate of drug-likeness (QED) is 0.825. The zero-order valence-electron chi connectivity index (χ0n) is 12.6. The lowest BCUT2D eigenvalue weighted by atomic mass is 9.98. The highest BCUT2D eigenvalue weighted by Crippen LogP contribution is 2.42. The van der Waals surface area contributed by atoms with Gasteiger partial charge >= 0.3 is 0 Å². The number of anilines is 1. The Kier molecular flexibility index (Phi) is 3.32. The molecule has 3 N–H and O–H groups in total. The standard InChI is InChI=1S/C18H13ClN2O3/c19-11-3-4-14-13(7-11)16(18(23)21-14)17-12-5-9(6-15(20)22)1-2-10(12)8-24-17/h1-5,7H,6,8H2,(H2,20,22)(H,21,23)/b17-16-. The first-order valence-corrected chi connectivity index (χ1v) is 7.79. The van der Waals surface area contributed by atoms with Gasteiger partial charge in [0.05, 0.1) is 12.0 Å². The normalized spacial score (nSPS) is 18.0. The molecule has 2 aliphatic heterocycles. The molecule has 2 heterocycles. The van der Waals surface area contributed by atoms with E-state index in [4.69, 9.17) is 22.1 Å². The number of fused-ring (bicyclic) bond motifs is 2. The molecule has 0 fully saturated rings. The van der Waals surface area contributed by atoms with Crippen LogP contribution in [0.15, 0.2) is 36.4 Å². The Hall–Kier alpha value is -2.79. The van der Waals surface area contributed by atoms with E-state index in [2.05, 4.69) is 5.32 Å². The molecular weight excluding hydrogens is 328 g/mol. The van der Waals surface area contributed by atoms with Crippen molar-refractivity contribution in [3.8, 4) is 0 Å². The fourth-order valence-corrected chi connectivity index (χ4v) is 3.24. The molecule has 2 aromatic rings. The fraction of sp³-hybridized carbons (Fsp3) is 0.111. The summed E-state index contributed by atoms with van der Waals surface area (Å²) >= 11 is 6.07. The summed E-state index contributed by atoms with van der Waals surface area (Å²) < 4.78 is 5.79. The van der Waals surface area contributed by atoms with Crippen LogP contribution in [0.5, 0.6) is 0 Å². The minimum atomic E-state index is -0.404. The van der Waals surface area contributed by atoms with Crippen LogP contribution in [0.2, 0.25) is 5.02 Å². The minimum Gasteiger partial charge on any atom is -0.487 e. The predicted octanol–water partition coefficient (Wildman–Crippen LogP) is 2.72. The van der Waals surface area contributed by atoms with E-state index < -0.39 is 5.91 Å². The number of hydrogen-bond acceptors (Lipinski definition) is 3. The second kappa shape index (κ2) is 5.39. The third-order valence-electron chi connectivity index (χ3n) is 4.12. The van der Waals surface area contributed by atoms with Gasteiger partial charge in [0, 0.05) is 27.4 Å². The Labute approximate surface area is 143 Å². The van der Waals surface area contributed by atoms with E-state index in [0.717, 1.165) is 22.3 Å². The van der Waals surface area contributed by atoms with E-state index in [1.165, 1.54) is 0 Å². The van der Waals surface area contributed by atoms with Crippen LogP contribution in [0.4, 0.5) is 5.69 Å². The second-order valence-electron chi connectivity index (χ2n) is 5.77. The number of amides is 2. The molecule has 0 spiro atoms. The van der Waals surface area contributed by atoms with Crippen LogP contribution in [0.3, 0.4) is 0 Å². The van der Waals surface area contributed by atoms with E-state index in [0.29, 0.717) is 28.6 Å². The van der Waals surface area contributed by atoms with Gasteiger partial charge in [0.25, 0.3) is 5.91 Å². The lowest BCUT2D eigenvalue weighted by molar-refractivity contribution is -0.117. The smallest absolute Gasteiger partial charge is 0.260 e. The van der Waals surface area contributed by atoms with Crippen LogP contribution in [-0.4, -0.2) is 11.8 Å². The molecule has 24 heavy (non-hydrogen) atoms. The van der Waals surface area contributed by atoms with E-state index in [-0.39, 0.29) is 12.3 Å². The van der Waals surface area contributed by atoms with Crippen molar-refractivity contribution in [3.05, 3.63) is 63.7 Å². The molecule has 0 radical (unpaired) electrons. The van der Waals surface area contributed by atoms with Gasteiger partial charge in [0.1, 0.15) is 12.4 Å². The van der Waals surface area contributed by atoms with Crippen LogP contribution in [-0.2, 0) is 27.4 Å². The zero-order chi connectivity index (χ0) is 16.8. The molecule has 2 aliphatic rings. The van der Waals surface area contributed by atoms with Crippen molar-refractivity contribution in [3.63, 3.8) is 0 Å². The molecule has 6 heteroatoms. The van der Waals surface area contributed by atoms with Crippen molar-refractivity contribution >= 4 is 40.4 Å². The molecule has 0 bridgehead atoms. The molecule has 0 aliphatic carbocycles. The number of ether oxygens (including phenoxy) is 1. The Morgan fingerprint density at radius 1 is 1.21 bits per heavy atom. The first-order valence-electron chi connectivity index (χ1n) is 7.42. The first kappa shape index (κ1) is 14.8. The van der Waals surface area contributed by atoms with Gasteiger partial charge in [-0.3, -0.25) is 9.59 Å². The van der Waals surface area contributed by atoms with Crippen molar-refractivity contribution in [2.45, 2.75) is 13.0 Å². The van der Waals surface area contributed by atoms with Gasteiger partial charge in [-0.25, -0.2) is 0 Å². The number of carbonyl (C=O) groups is 2. The summed E-state index contributed by atoms with van der Waals surface area (Å²) in [6, 6.07) is 10.8. The fourth-order valence-electron chi connectivity index (χ4n) is 3.07. The number of nitrogens with two attached hydrogens (primary N) is 1. The number of nitrogens with one attached hydrogen (secondary N) is 1. The summed E-state index contributed by atoms with van der Waals surface area (Å²) in [6.45, 7) is 0.383. The number of halogens is 1. The highest BCUT2D eigenvalue weighted by Gasteiger charge is 2.32. The Balaban J connectivity index is 1.88. The molecule has 4 rings (SSSR count). The summed E-state index contributed by atoms with van der Waals surface area (Å²) in [5, 5.41) is 3.37. The monoisotopic (exact) mass is 340 g/mol. The Morgan fingerprint density at radius 3 is 2.83 bits per heavy atom. The van der Waals surface area contributed by atoms with E-state index in [1.54, 1.807) is 18.2 Å². The van der Waals surface area contributed by atoms with E-state index >= 15 is 0 Å². The van der Waals surface area contributed by atoms with Gasteiger partial charge in [-0.15, -0.1) is 0 Å². The second-order valence-corrected chi connectivity index (χ2v) is 6.21. The molecule has 0 saturated heterocycles. The van der Waals surface area contributed by atoms with Crippen LogP contribution < -0.4 is 11.1 Å². The largest absolute Gasteiger partial charge is 0.487 e. The highest BCUT2D eigenvalue weighted by molar-refractivity contribution is 6.38. The molecule has 0 aromatic heterocycles. The molecule has 120 valence electrons. The summed E-state index contributed by atoms with van der Waals surface area (Å²) in [6.07, 6.45) is 0.143. The number of carbonyl (C=O) groups excluding carboxylic acids is 2. The maximum absolute atomic E-state index is 12.4. The summed E-state index contributed by atoms with van der Waals surface area (Å²) in [5.74, 6) is -0.121. The van der Waals surface area contributed by atoms with Crippen molar-refractivity contribution < 1.29 is 14.3 Å². The van der Waals surface area contributed by atoms with Crippen LogP contribution >= 0.6 is 11.6 Å². The summed E-state index contributed by atoms with van der Waals surface area (Å²) in [4.78, 5) is 23.6. The number of hydrogen-bond donors (Lipinski definition) is 2. The minimum absolute atomic E-state index is 0.143. The highest BCUT2D eigenvalue weighted by atomic mass is 35.5. The molecule has 2 amide bonds. The van der Waals surface area contributed by atoms with Crippen molar-refractivity contribution in [2.24, 2.45) is 5.73 Å². The topological polar surface area (TPSA) is 81.4 Å². The van der Waals surface area contributed by atoms with E-state index in [1.807, 2.05) is 18.2 Å². The third kappa shape index (κ3) is 2.34. The van der Waals surface area contributed by atoms with Crippen molar-refractivity contribution in [1.82, 2.24) is 0 Å². The van der Waals surface area contributed by atoms with Crippen LogP contribution in [0.1, 0.15) is 22.3 Å². The zero-order valence-corrected chi connectivity index (χ0v) is 13.3. The van der Waals surface area contributed by atoms with Gasteiger partial charge in [-0.2, -0.15) is 0 Å². The van der Waals surface area contributed by atoms with Crippen molar-refractivity contribution in [2.75, 3.05) is 5.32 Å². The van der Waals surface area contributed by atoms with Crippen LogP contribution in [0, 0.1) is 0 Å². The van der Waals surface area contributed by atoms with Crippen LogP contribution in [0.25, 0.3) is 11.3 Å². The average molecular weight is 341 g/mol. The number of primary amides is 1. The Morgan fingerprint density at radius 2 is 2.04 bits per heavy atom. The van der Waals surface area contributed by atoms with Gasteiger partial charge in [0.15, 0.2) is 0 Å². The molecular formula is C18H13ClN2O3. The number of benzene rings is 2. The lowest BCUT2D eigenvalue weighted by Gasteiger charge is -2.06. The SMILES string of the molecule is NC(=O)Cc1ccc2c(c1)/C(=C1/C(=O)Nc3ccc(Cl)cc31)OC2. The van der Waals surface area contributed by atoms with Gasteiger partial charge in [-0.1, -0.05) is 23.7 Å². The Bertz CT molecular complexity index is 934. The van der Waals surface area contributed by atoms with Gasteiger partial charge < -0.3 is 15.8 Å². The average Bonchev–Trinajstić information content (AvgIpc) is 3.06. The maximum atomic E-state index is 12.4. The molecule has 5 nitrogen and oxygen atoms in total. The predicted molar refractivity (Wildman–Crippen MR) is 91.0 cm³/mol. The summed E-state index contributed by atoms with van der Waals surface area (Å²) in [7, 11) is 0. The maximum Gasteiger partial charge on any atom is 0.260 e. The molecule has 0 unspecified atom stereocenters.